The zero-order chi connectivity index (χ0) is 26.3. The maximum atomic E-state index is 6.67. The Labute approximate surface area is 222 Å². The molecule has 0 aliphatic rings. The Bertz CT molecular complexity index is 1130. The van der Waals surface area contributed by atoms with Gasteiger partial charge in [0.1, 0.15) is 12.4 Å². The highest BCUT2D eigenvalue weighted by atomic mass is 31.1. The summed E-state index contributed by atoms with van der Waals surface area (Å²) < 4.78 is 6.67. The van der Waals surface area contributed by atoms with E-state index in [0.29, 0.717) is 15.2 Å². The molecule has 194 valence electrons. The first-order chi connectivity index (χ1) is 17.1. The third-order valence-corrected chi connectivity index (χ3v) is 8.86. The number of aryl methyl sites for hydroxylation is 2. The highest BCUT2D eigenvalue weighted by molar-refractivity contribution is 7.48. The molecular weight excluding hydrogens is 457 g/mol. The first-order valence-corrected chi connectivity index (χ1v) is 14.4. The average molecular weight is 504 g/mol. The third kappa shape index (κ3) is 7.21. The molecule has 0 saturated heterocycles. The average Bonchev–Trinajstić information content (AvgIpc) is 2.83. The molecule has 2 atom stereocenters. The van der Waals surface area contributed by atoms with Crippen LogP contribution in [0.5, 0.6) is 5.75 Å². The van der Waals surface area contributed by atoms with E-state index in [9.17, 15) is 0 Å². The van der Waals surface area contributed by atoms with Gasteiger partial charge >= 0.3 is 0 Å². The molecule has 3 rings (SSSR count). The summed E-state index contributed by atoms with van der Waals surface area (Å²) in [5, 5.41) is 4.84. The second-order valence-electron chi connectivity index (χ2n) is 11.4. The van der Waals surface area contributed by atoms with Gasteiger partial charge in [-0.1, -0.05) is 122 Å². The molecule has 3 aromatic rings. The van der Waals surface area contributed by atoms with Crippen molar-refractivity contribution < 1.29 is 4.74 Å². The van der Waals surface area contributed by atoms with Gasteiger partial charge in [-0.2, -0.15) is 0 Å². The Hall–Kier alpha value is -2.15. The number of hydrogen-bond acceptors (Lipinski definition) is 2. The lowest BCUT2D eigenvalue weighted by Gasteiger charge is -2.35. The van der Waals surface area contributed by atoms with E-state index in [1.165, 1.54) is 51.5 Å². The Morgan fingerprint density at radius 2 is 1.64 bits per heavy atom. The Balaban J connectivity index is 2.14. The van der Waals surface area contributed by atoms with Crippen molar-refractivity contribution in [1.82, 2.24) is 5.32 Å². The molecule has 2 unspecified atom stereocenters. The fourth-order valence-corrected chi connectivity index (χ4v) is 6.52. The highest BCUT2D eigenvalue weighted by Gasteiger charge is 2.33. The van der Waals surface area contributed by atoms with E-state index in [2.05, 4.69) is 114 Å². The van der Waals surface area contributed by atoms with Crippen molar-refractivity contribution in [3.63, 3.8) is 0 Å². The van der Waals surface area contributed by atoms with Crippen LogP contribution in [0.1, 0.15) is 87.3 Å². The topological polar surface area (TPSA) is 21.3 Å². The summed E-state index contributed by atoms with van der Waals surface area (Å²) >= 11 is 0. The summed E-state index contributed by atoms with van der Waals surface area (Å²) in [5.41, 5.74) is 8.00. The standard InChI is InChI=1S/C33H46NOP/c1-9-10-18-33(7,36-30-17-16-24(2)19-27(30)22-34-8)29-21-28(32(4,5)6)20-25(3)31(29)35-23-26-14-12-11-13-15-26/h11-17,19-21,34,36H,9-10,18,22-23H2,1-8H3. The molecule has 0 spiro atoms. The van der Waals surface area contributed by atoms with Crippen LogP contribution in [0.15, 0.2) is 60.7 Å². The van der Waals surface area contributed by atoms with Crippen molar-refractivity contribution in [3.8, 4) is 5.75 Å². The minimum atomic E-state index is -0.00813. The summed E-state index contributed by atoms with van der Waals surface area (Å²) in [6, 6.07) is 22.3. The van der Waals surface area contributed by atoms with Crippen molar-refractivity contribution in [2.75, 3.05) is 7.05 Å². The lowest BCUT2D eigenvalue weighted by molar-refractivity contribution is 0.296. The SMILES string of the molecule is CCCCC(C)(Pc1ccc(C)cc1CNC)c1cc(C(C)(C)C)cc(C)c1OCc1ccccc1. The summed E-state index contributed by atoms with van der Waals surface area (Å²) in [5.74, 6) is 1.07. The van der Waals surface area contributed by atoms with Crippen molar-refractivity contribution in [1.29, 1.82) is 0 Å². The molecule has 36 heavy (non-hydrogen) atoms. The first-order valence-electron chi connectivity index (χ1n) is 13.4. The molecule has 0 fully saturated rings. The van der Waals surface area contributed by atoms with Crippen molar-refractivity contribution in [3.05, 3.63) is 94.0 Å². The van der Waals surface area contributed by atoms with Crippen molar-refractivity contribution >= 4 is 13.9 Å². The van der Waals surface area contributed by atoms with Crippen LogP contribution in [-0.4, -0.2) is 7.05 Å². The number of benzene rings is 3. The van der Waals surface area contributed by atoms with Gasteiger partial charge in [0, 0.05) is 17.3 Å². The second-order valence-corrected chi connectivity index (χ2v) is 13.3. The maximum absolute atomic E-state index is 6.67. The van der Waals surface area contributed by atoms with E-state index in [0.717, 1.165) is 18.7 Å². The van der Waals surface area contributed by atoms with Gasteiger partial charge in [0.2, 0.25) is 0 Å². The van der Waals surface area contributed by atoms with Crippen LogP contribution in [0.2, 0.25) is 0 Å². The molecule has 0 radical (unpaired) electrons. The third-order valence-electron chi connectivity index (χ3n) is 7.03. The second kappa shape index (κ2) is 12.4. The molecule has 0 saturated carbocycles. The number of hydrogen-bond donors (Lipinski definition) is 1. The zero-order valence-corrected chi connectivity index (χ0v) is 24.7. The molecule has 0 amide bonds. The lowest BCUT2D eigenvalue weighted by atomic mass is 9.82. The highest BCUT2D eigenvalue weighted by Crippen LogP contribution is 2.50. The van der Waals surface area contributed by atoms with E-state index in [1.807, 2.05) is 7.05 Å². The molecule has 2 nitrogen and oxygen atoms in total. The van der Waals surface area contributed by atoms with Gasteiger partial charge in [-0.15, -0.1) is 0 Å². The summed E-state index contributed by atoms with van der Waals surface area (Å²) in [6.45, 7) is 17.6. The monoisotopic (exact) mass is 503 g/mol. The van der Waals surface area contributed by atoms with E-state index < -0.39 is 0 Å². The fourth-order valence-electron chi connectivity index (χ4n) is 4.81. The lowest BCUT2D eigenvalue weighted by Crippen LogP contribution is -2.25. The van der Waals surface area contributed by atoms with Crippen LogP contribution < -0.4 is 15.4 Å². The summed E-state index contributed by atoms with van der Waals surface area (Å²) in [6.07, 6.45) is 3.53. The van der Waals surface area contributed by atoms with Crippen LogP contribution in [0, 0.1) is 13.8 Å². The van der Waals surface area contributed by atoms with E-state index >= 15 is 0 Å². The molecular formula is C33H46NOP. The molecule has 0 aliphatic heterocycles. The molecule has 3 heteroatoms. The molecule has 0 aliphatic carbocycles. The molecule has 0 bridgehead atoms. The molecule has 0 heterocycles. The Kier molecular flexibility index (Phi) is 9.79. The Morgan fingerprint density at radius 3 is 2.28 bits per heavy atom. The minimum absolute atomic E-state index is 0.00813. The van der Waals surface area contributed by atoms with Crippen molar-refractivity contribution in [2.45, 2.75) is 91.5 Å². The molecule has 1 N–H and O–H groups in total. The summed E-state index contributed by atoms with van der Waals surface area (Å²) in [7, 11) is 2.70. The Morgan fingerprint density at radius 1 is 0.917 bits per heavy atom. The van der Waals surface area contributed by atoms with Crippen LogP contribution in [0.25, 0.3) is 0 Å². The number of rotatable bonds is 11. The maximum Gasteiger partial charge on any atom is 0.126 e. The predicted molar refractivity (Wildman–Crippen MR) is 159 cm³/mol. The van der Waals surface area contributed by atoms with Gasteiger partial charge in [-0.3, -0.25) is 0 Å². The largest absolute Gasteiger partial charge is 0.488 e. The van der Waals surface area contributed by atoms with Gasteiger partial charge < -0.3 is 10.1 Å². The van der Waals surface area contributed by atoms with Crippen LogP contribution in [-0.2, 0) is 23.7 Å². The minimum Gasteiger partial charge on any atom is -0.488 e. The quantitative estimate of drug-likeness (QED) is 0.266. The molecule has 3 aromatic carbocycles. The van der Waals surface area contributed by atoms with Gasteiger partial charge in [0.15, 0.2) is 0 Å². The smallest absolute Gasteiger partial charge is 0.126 e. The summed E-state index contributed by atoms with van der Waals surface area (Å²) in [4.78, 5) is 0. The van der Waals surface area contributed by atoms with Crippen LogP contribution in [0.4, 0.5) is 0 Å². The zero-order valence-electron chi connectivity index (χ0n) is 23.7. The van der Waals surface area contributed by atoms with E-state index in [1.54, 1.807) is 0 Å². The van der Waals surface area contributed by atoms with Gasteiger partial charge in [0.05, 0.1) is 0 Å². The van der Waals surface area contributed by atoms with Gasteiger partial charge in [0.25, 0.3) is 0 Å². The van der Waals surface area contributed by atoms with Crippen molar-refractivity contribution in [2.24, 2.45) is 0 Å². The normalized spacial score (nSPS) is 13.8. The number of unbranched alkanes of at least 4 members (excludes halogenated alkanes) is 1. The van der Waals surface area contributed by atoms with E-state index in [-0.39, 0.29) is 10.6 Å². The predicted octanol–water partition coefficient (Wildman–Crippen LogP) is 8.31. The van der Waals surface area contributed by atoms with Crippen LogP contribution in [0.3, 0.4) is 0 Å². The molecule has 0 aromatic heterocycles. The fraction of sp³-hybridized carbons (Fsp3) is 0.455. The number of ether oxygens (including phenoxy) is 1. The van der Waals surface area contributed by atoms with Gasteiger partial charge in [-0.05, 0) is 60.3 Å². The van der Waals surface area contributed by atoms with E-state index in [4.69, 9.17) is 4.74 Å². The first kappa shape index (κ1) is 28.4. The van der Waals surface area contributed by atoms with Gasteiger partial charge in [-0.25, -0.2) is 0 Å². The number of nitrogens with one attached hydrogen (secondary N) is 1. The van der Waals surface area contributed by atoms with Crippen LogP contribution >= 0.6 is 8.58 Å².